The molecule has 0 atom stereocenters. The highest BCUT2D eigenvalue weighted by atomic mass is 16.5. The summed E-state index contributed by atoms with van der Waals surface area (Å²) in [4.78, 5) is 47.9. The van der Waals surface area contributed by atoms with Gasteiger partial charge in [0.1, 0.15) is 13.0 Å². The van der Waals surface area contributed by atoms with Crippen molar-refractivity contribution in [2.75, 3.05) is 39.6 Å². The van der Waals surface area contributed by atoms with Gasteiger partial charge in [-0.3, -0.25) is 24.1 Å². The van der Waals surface area contributed by atoms with Crippen LogP contribution in [0.4, 0.5) is 0 Å². The summed E-state index contributed by atoms with van der Waals surface area (Å²) >= 11 is 0. The molecule has 2 rings (SSSR count). The molecule has 8 nitrogen and oxygen atoms in total. The van der Waals surface area contributed by atoms with E-state index in [0.29, 0.717) is 11.1 Å². The molecule has 1 heterocycles. The number of hydrogen-bond donors (Lipinski definition) is 0. The van der Waals surface area contributed by atoms with Crippen molar-refractivity contribution in [3.05, 3.63) is 35.4 Å². The van der Waals surface area contributed by atoms with Crippen LogP contribution in [0.1, 0.15) is 34.1 Å². The molecule has 0 radical (unpaired) electrons. The van der Waals surface area contributed by atoms with Gasteiger partial charge in [0.15, 0.2) is 5.78 Å². The highest BCUT2D eigenvalue weighted by Gasteiger charge is 2.34. The maximum atomic E-state index is 12.1. The van der Waals surface area contributed by atoms with Gasteiger partial charge < -0.3 is 14.2 Å². The molecule has 0 N–H and O–H groups in total. The Bertz CT molecular complexity index is 651. The Morgan fingerprint density at radius 3 is 2.19 bits per heavy atom. The lowest BCUT2D eigenvalue weighted by molar-refractivity contribution is -0.146. The van der Waals surface area contributed by atoms with Crippen molar-refractivity contribution >= 4 is 23.6 Å². The number of carbonyl (C=O) groups is 4. The lowest BCUT2D eigenvalue weighted by Crippen LogP contribution is -2.33. The number of imide groups is 1. The van der Waals surface area contributed by atoms with Crippen LogP contribution in [0.2, 0.25) is 0 Å². The van der Waals surface area contributed by atoms with Gasteiger partial charge in [0.25, 0.3) is 11.8 Å². The molecule has 0 aromatic heterocycles. The molecule has 0 saturated carbocycles. The standard InChI is InChI=1S/C18H21NO7/c1-2-26-16(21)11-13(20)12-25-10-9-24-8-7-19-17(22)14-5-3-4-6-15(14)18(19)23/h3-6H,2,7-12H2,1H3. The van der Waals surface area contributed by atoms with Crippen LogP contribution in [0.3, 0.4) is 0 Å². The average molecular weight is 363 g/mol. The number of amides is 2. The largest absolute Gasteiger partial charge is 0.466 e. The second-order valence-corrected chi connectivity index (χ2v) is 5.49. The number of benzene rings is 1. The van der Waals surface area contributed by atoms with Gasteiger partial charge in [-0.15, -0.1) is 0 Å². The van der Waals surface area contributed by atoms with Gasteiger partial charge in [-0.05, 0) is 19.1 Å². The van der Waals surface area contributed by atoms with Crippen molar-refractivity contribution in [1.82, 2.24) is 4.90 Å². The van der Waals surface area contributed by atoms with E-state index in [1.807, 2.05) is 0 Å². The van der Waals surface area contributed by atoms with E-state index in [1.165, 1.54) is 0 Å². The Kier molecular flexibility index (Phi) is 7.43. The third-order valence-corrected chi connectivity index (χ3v) is 3.62. The summed E-state index contributed by atoms with van der Waals surface area (Å²) in [5.74, 6) is -1.59. The smallest absolute Gasteiger partial charge is 0.313 e. The second kappa shape index (κ2) is 9.79. The van der Waals surface area contributed by atoms with Crippen LogP contribution < -0.4 is 0 Å². The first kappa shape index (κ1) is 19.7. The first-order valence-electron chi connectivity index (χ1n) is 8.32. The fourth-order valence-corrected chi connectivity index (χ4v) is 2.43. The highest BCUT2D eigenvalue weighted by molar-refractivity contribution is 6.21. The zero-order valence-corrected chi connectivity index (χ0v) is 14.6. The van der Waals surface area contributed by atoms with E-state index in [4.69, 9.17) is 9.47 Å². The highest BCUT2D eigenvalue weighted by Crippen LogP contribution is 2.21. The van der Waals surface area contributed by atoms with Crippen molar-refractivity contribution in [3.63, 3.8) is 0 Å². The number of rotatable bonds is 11. The molecule has 1 aliphatic heterocycles. The Morgan fingerprint density at radius 1 is 0.962 bits per heavy atom. The molecule has 8 heteroatoms. The molecule has 1 aliphatic rings. The van der Waals surface area contributed by atoms with E-state index in [2.05, 4.69) is 4.74 Å². The summed E-state index contributed by atoms with van der Waals surface area (Å²) < 4.78 is 15.1. The lowest BCUT2D eigenvalue weighted by Gasteiger charge is -2.13. The summed E-state index contributed by atoms with van der Waals surface area (Å²) in [6.45, 7) is 2.39. The SMILES string of the molecule is CCOC(=O)CC(=O)COCCOCCN1C(=O)c2ccccc2C1=O. The molecule has 2 amide bonds. The molecule has 0 bridgehead atoms. The summed E-state index contributed by atoms with van der Waals surface area (Å²) in [6.07, 6.45) is -0.311. The second-order valence-electron chi connectivity index (χ2n) is 5.49. The molecule has 0 fully saturated rings. The monoisotopic (exact) mass is 363 g/mol. The number of ether oxygens (including phenoxy) is 3. The predicted octanol–water partition coefficient (Wildman–Crippen LogP) is 0.838. The average Bonchev–Trinajstić information content (AvgIpc) is 2.86. The number of carbonyl (C=O) groups excluding carboxylic acids is 4. The number of ketones is 1. The van der Waals surface area contributed by atoms with Gasteiger partial charge in [0, 0.05) is 0 Å². The molecule has 0 saturated heterocycles. The normalized spacial score (nSPS) is 13.0. The number of fused-ring (bicyclic) bond motifs is 1. The van der Waals surface area contributed by atoms with Gasteiger partial charge in [-0.25, -0.2) is 0 Å². The maximum absolute atomic E-state index is 12.1. The Hall–Kier alpha value is -2.58. The van der Waals surface area contributed by atoms with Crippen LogP contribution in [0.15, 0.2) is 24.3 Å². The van der Waals surface area contributed by atoms with Gasteiger partial charge in [0.2, 0.25) is 0 Å². The zero-order valence-electron chi connectivity index (χ0n) is 14.6. The third-order valence-electron chi connectivity index (χ3n) is 3.62. The van der Waals surface area contributed by atoms with Crippen LogP contribution in [0, 0.1) is 0 Å². The Labute approximate surface area is 151 Å². The van der Waals surface area contributed by atoms with Gasteiger partial charge in [-0.2, -0.15) is 0 Å². The molecule has 0 unspecified atom stereocenters. The summed E-state index contributed by atoms with van der Waals surface area (Å²) in [5, 5.41) is 0. The minimum atomic E-state index is -0.571. The van der Waals surface area contributed by atoms with E-state index in [9.17, 15) is 19.2 Å². The summed E-state index contributed by atoms with van der Waals surface area (Å²) in [6, 6.07) is 6.67. The topological polar surface area (TPSA) is 99.2 Å². The molecule has 0 spiro atoms. The van der Waals surface area contributed by atoms with Crippen LogP contribution in [-0.4, -0.2) is 68.0 Å². The van der Waals surface area contributed by atoms with E-state index in [1.54, 1.807) is 31.2 Å². The minimum Gasteiger partial charge on any atom is -0.466 e. The van der Waals surface area contributed by atoms with Crippen LogP contribution in [0.25, 0.3) is 0 Å². The first-order chi connectivity index (χ1) is 12.5. The van der Waals surface area contributed by atoms with E-state index in [-0.39, 0.29) is 63.6 Å². The van der Waals surface area contributed by atoms with Crippen molar-refractivity contribution in [2.24, 2.45) is 0 Å². The Balaban J connectivity index is 1.58. The number of nitrogens with zero attached hydrogens (tertiary/aromatic N) is 1. The number of hydrogen-bond acceptors (Lipinski definition) is 7. The van der Waals surface area contributed by atoms with Crippen molar-refractivity contribution in [3.8, 4) is 0 Å². The Morgan fingerprint density at radius 2 is 1.58 bits per heavy atom. The van der Waals surface area contributed by atoms with Crippen LogP contribution >= 0.6 is 0 Å². The van der Waals surface area contributed by atoms with Gasteiger partial charge >= 0.3 is 5.97 Å². The summed E-state index contributed by atoms with van der Waals surface area (Å²) in [5.41, 5.74) is 0.807. The van der Waals surface area contributed by atoms with Crippen molar-refractivity contribution < 1.29 is 33.4 Å². The van der Waals surface area contributed by atoms with Gasteiger partial charge in [-0.1, -0.05) is 12.1 Å². The quantitative estimate of drug-likeness (QED) is 0.249. The number of Topliss-reactive ketones (excluding diaryl/α,β-unsaturated/α-hetero) is 1. The molecular formula is C18H21NO7. The first-order valence-corrected chi connectivity index (χ1v) is 8.32. The fraction of sp³-hybridized carbons (Fsp3) is 0.444. The van der Waals surface area contributed by atoms with Crippen LogP contribution in [-0.2, 0) is 23.8 Å². The number of esters is 1. The van der Waals surface area contributed by atoms with E-state index < -0.39 is 5.97 Å². The zero-order chi connectivity index (χ0) is 18.9. The van der Waals surface area contributed by atoms with Crippen molar-refractivity contribution in [2.45, 2.75) is 13.3 Å². The molecule has 1 aromatic carbocycles. The molecule has 0 aliphatic carbocycles. The van der Waals surface area contributed by atoms with E-state index >= 15 is 0 Å². The molecular weight excluding hydrogens is 342 g/mol. The van der Waals surface area contributed by atoms with Crippen molar-refractivity contribution in [1.29, 1.82) is 0 Å². The fourth-order valence-electron chi connectivity index (χ4n) is 2.43. The minimum absolute atomic E-state index is 0.147. The molecule has 1 aromatic rings. The predicted molar refractivity (Wildman–Crippen MR) is 89.7 cm³/mol. The summed E-state index contributed by atoms with van der Waals surface area (Å²) in [7, 11) is 0. The van der Waals surface area contributed by atoms with E-state index in [0.717, 1.165) is 4.90 Å². The lowest BCUT2D eigenvalue weighted by atomic mass is 10.1. The third kappa shape index (κ3) is 5.21. The van der Waals surface area contributed by atoms with Crippen LogP contribution in [0.5, 0.6) is 0 Å². The maximum Gasteiger partial charge on any atom is 0.313 e. The molecule has 26 heavy (non-hydrogen) atoms. The molecule has 140 valence electrons. The van der Waals surface area contributed by atoms with Gasteiger partial charge in [0.05, 0.1) is 44.1 Å².